The van der Waals surface area contributed by atoms with Crippen molar-refractivity contribution in [3.8, 4) is 17.2 Å². The monoisotopic (exact) mass is 635 g/mol. The van der Waals surface area contributed by atoms with Gasteiger partial charge in [-0.2, -0.15) is 0 Å². The molecule has 1 heterocycles. The maximum Gasteiger partial charge on any atom is 0.293 e. The van der Waals surface area contributed by atoms with Crippen LogP contribution in [0.4, 0.5) is 4.79 Å². The smallest absolute Gasteiger partial charge is 0.293 e. The van der Waals surface area contributed by atoms with Crippen LogP contribution in [-0.2, 0) is 11.4 Å². The number of thioether (sulfide) groups is 1. The Kier molecular flexibility index (Phi) is 9.65. The molecule has 0 radical (unpaired) electrons. The number of nitrogens with zero attached hydrogens (tertiary/aromatic N) is 1. The molecule has 198 valence electrons. The summed E-state index contributed by atoms with van der Waals surface area (Å²) < 4.78 is 18.2. The third-order valence-electron chi connectivity index (χ3n) is 5.49. The Hall–Kier alpha value is -2.65. The summed E-state index contributed by atoms with van der Waals surface area (Å²) in [7, 11) is 0. The minimum Gasteiger partial charge on any atom is -0.492 e. The number of hydrogen-bond acceptors (Lipinski definition) is 6. The van der Waals surface area contributed by atoms with Crippen molar-refractivity contribution in [2.45, 2.75) is 20.5 Å². The zero-order valence-corrected chi connectivity index (χ0v) is 24.5. The van der Waals surface area contributed by atoms with Gasteiger partial charge >= 0.3 is 0 Å². The first-order valence-corrected chi connectivity index (χ1v) is 14.1. The maximum absolute atomic E-state index is 13.0. The van der Waals surface area contributed by atoms with E-state index >= 15 is 0 Å². The van der Waals surface area contributed by atoms with Crippen LogP contribution in [0.15, 0.2) is 64.0 Å². The molecule has 0 bridgehead atoms. The van der Waals surface area contributed by atoms with Crippen molar-refractivity contribution in [1.29, 1.82) is 0 Å². The summed E-state index contributed by atoms with van der Waals surface area (Å²) in [6.07, 6.45) is 1.67. The number of rotatable bonds is 10. The summed E-state index contributed by atoms with van der Waals surface area (Å²) in [6, 6.07) is 16.4. The molecule has 6 nitrogen and oxygen atoms in total. The molecular weight excluding hydrogens is 613 g/mol. The molecule has 0 N–H and O–H groups in total. The molecule has 1 aliphatic rings. The average molecular weight is 637 g/mol. The predicted octanol–water partition coefficient (Wildman–Crippen LogP) is 8.16. The minimum atomic E-state index is -0.362. The highest BCUT2D eigenvalue weighted by molar-refractivity contribution is 9.10. The molecule has 0 spiro atoms. The first-order chi connectivity index (χ1) is 18.2. The van der Waals surface area contributed by atoms with Gasteiger partial charge < -0.3 is 14.2 Å². The van der Waals surface area contributed by atoms with E-state index in [4.69, 9.17) is 37.4 Å². The summed E-state index contributed by atoms with van der Waals surface area (Å²) in [5, 5.41) is 0.711. The predicted molar refractivity (Wildman–Crippen MR) is 155 cm³/mol. The molecule has 0 saturated carbocycles. The van der Waals surface area contributed by atoms with Gasteiger partial charge in [-0.1, -0.05) is 47.0 Å². The highest BCUT2D eigenvalue weighted by atomic mass is 79.9. The SMILES string of the molecule is CCOc1cc(/C=C2\SC(=O)N(CCOc3ccc(C)cc3)C2=O)cc(Br)c1OCc1ccc(Cl)cc1Cl. The molecule has 1 aliphatic heterocycles. The molecule has 4 rings (SSSR count). The fourth-order valence-electron chi connectivity index (χ4n) is 3.60. The van der Waals surface area contributed by atoms with Gasteiger partial charge in [-0.3, -0.25) is 14.5 Å². The van der Waals surface area contributed by atoms with E-state index in [2.05, 4.69) is 15.9 Å². The quantitative estimate of drug-likeness (QED) is 0.209. The molecule has 3 aromatic carbocycles. The van der Waals surface area contributed by atoms with Crippen LogP contribution < -0.4 is 14.2 Å². The van der Waals surface area contributed by atoms with Gasteiger partial charge in [0.25, 0.3) is 11.1 Å². The van der Waals surface area contributed by atoms with Crippen LogP contribution in [0.25, 0.3) is 6.08 Å². The Morgan fingerprint density at radius 3 is 2.47 bits per heavy atom. The molecule has 10 heteroatoms. The molecule has 3 aromatic rings. The summed E-state index contributed by atoms with van der Waals surface area (Å²) in [5.74, 6) is 1.31. The summed E-state index contributed by atoms with van der Waals surface area (Å²) in [5.41, 5.74) is 2.58. The van der Waals surface area contributed by atoms with Crippen LogP contribution in [0.5, 0.6) is 17.2 Å². The van der Waals surface area contributed by atoms with Crippen molar-refractivity contribution in [2.75, 3.05) is 19.8 Å². The Morgan fingerprint density at radius 1 is 1.00 bits per heavy atom. The average Bonchev–Trinajstić information content (AvgIpc) is 3.13. The second-order valence-electron chi connectivity index (χ2n) is 8.28. The lowest BCUT2D eigenvalue weighted by Gasteiger charge is -2.15. The van der Waals surface area contributed by atoms with Crippen LogP contribution in [0.3, 0.4) is 0 Å². The maximum atomic E-state index is 13.0. The third-order valence-corrected chi connectivity index (χ3v) is 7.58. The van der Waals surface area contributed by atoms with Gasteiger partial charge in [-0.15, -0.1) is 0 Å². The number of carbonyl (C=O) groups excluding carboxylic acids is 2. The Balaban J connectivity index is 1.46. The molecular formula is C28H24BrCl2NO5S. The fraction of sp³-hybridized carbons (Fsp3) is 0.214. The van der Waals surface area contributed by atoms with Crippen molar-refractivity contribution in [1.82, 2.24) is 4.90 Å². The van der Waals surface area contributed by atoms with E-state index in [0.29, 0.717) is 48.8 Å². The van der Waals surface area contributed by atoms with Crippen molar-refractivity contribution in [2.24, 2.45) is 0 Å². The highest BCUT2D eigenvalue weighted by Crippen LogP contribution is 2.40. The van der Waals surface area contributed by atoms with Gasteiger partial charge in [0.15, 0.2) is 11.5 Å². The minimum absolute atomic E-state index is 0.157. The number of benzene rings is 3. The fourth-order valence-corrected chi connectivity index (χ4v) is 5.50. The molecule has 0 aliphatic carbocycles. The number of carbonyl (C=O) groups is 2. The number of hydrogen-bond donors (Lipinski definition) is 0. The molecule has 2 amide bonds. The van der Waals surface area contributed by atoms with Gasteiger partial charge in [0.1, 0.15) is 19.0 Å². The van der Waals surface area contributed by atoms with E-state index in [1.807, 2.05) is 38.1 Å². The lowest BCUT2D eigenvalue weighted by Crippen LogP contribution is -2.32. The number of ether oxygens (including phenoxy) is 3. The molecule has 0 unspecified atom stereocenters. The lowest BCUT2D eigenvalue weighted by atomic mass is 10.1. The van der Waals surface area contributed by atoms with Crippen LogP contribution in [0, 0.1) is 6.92 Å². The molecule has 0 aromatic heterocycles. The van der Waals surface area contributed by atoms with E-state index in [9.17, 15) is 9.59 Å². The standard InChI is InChI=1S/C28H24BrCl2NO5S/c1-3-35-24-13-18(12-22(29)26(24)37-16-19-6-7-20(30)15-23(19)31)14-25-27(33)32(28(34)38-25)10-11-36-21-8-4-17(2)5-9-21/h4-9,12-15H,3,10-11,16H2,1-2H3/b25-14-. The van der Waals surface area contributed by atoms with Gasteiger partial charge in [0.2, 0.25) is 0 Å². The first kappa shape index (κ1) is 28.4. The number of halogens is 3. The number of amides is 2. The van der Waals surface area contributed by atoms with Crippen LogP contribution in [-0.4, -0.2) is 35.8 Å². The van der Waals surface area contributed by atoms with Crippen molar-refractivity contribution in [3.63, 3.8) is 0 Å². The van der Waals surface area contributed by atoms with Gasteiger partial charge in [-0.05, 0) is 89.6 Å². The number of aryl methyl sites for hydroxylation is 1. The van der Waals surface area contributed by atoms with Gasteiger partial charge in [0, 0.05) is 15.6 Å². The lowest BCUT2D eigenvalue weighted by molar-refractivity contribution is -0.123. The summed E-state index contributed by atoms with van der Waals surface area (Å²) in [4.78, 5) is 27.0. The second kappa shape index (κ2) is 12.9. The van der Waals surface area contributed by atoms with E-state index < -0.39 is 0 Å². The molecule has 38 heavy (non-hydrogen) atoms. The largest absolute Gasteiger partial charge is 0.492 e. The zero-order chi connectivity index (χ0) is 27.2. The third kappa shape index (κ3) is 7.05. The van der Waals surface area contributed by atoms with E-state index in [0.717, 1.165) is 22.9 Å². The van der Waals surface area contributed by atoms with Crippen LogP contribution >= 0.6 is 50.9 Å². The molecule has 1 saturated heterocycles. The zero-order valence-electron chi connectivity index (χ0n) is 20.6. The van der Waals surface area contributed by atoms with Gasteiger partial charge in [-0.25, -0.2) is 0 Å². The summed E-state index contributed by atoms with van der Waals surface area (Å²) in [6.45, 7) is 4.83. The van der Waals surface area contributed by atoms with Crippen molar-refractivity contribution >= 4 is 68.1 Å². The normalized spacial score (nSPS) is 14.3. The van der Waals surface area contributed by atoms with Crippen LogP contribution in [0.1, 0.15) is 23.6 Å². The van der Waals surface area contributed by atoms with Crippen molar-refractivity contribution < 1.29 is 23.8 Å². The molecule has 1 fully saturated rings. The van der Waals surface area contributed by atoms with E-state index in [1.165, 1.54) is 4.90 Å². The Labute approximate surface area is 244 Å². The topological polar surface area (TPSA) is 65.1 Å². The highest BCUT2D eigenvalue weighted by Gasteiger charge is 2.35. The van der Waals surface area contributed by atoms with Crippen LogP contribution in [0.2, 0.25) is 10.0 Å². The van der Waals surface area contributed by atoms with E-state index in [-0.39, 0.29) is 30.9 Å². The van der Waals surface area contributed by atoms with Gasteiger partial charge in [0.05, 0.1) is 22.5 Å². The first-order valence-electron chi connectivity index (χ1n) is 11.7. The summed E-state index contributed by atoms with van der Waals surface area (Å²) >= 11 is 16.7. The molecule has 0 atom stereocenters. The van der Waals surface area contributed by atoms with E-state index in [1.54, 1.807) is 36.4 Å². The second-order valence-corrected chi connectivity index (χ2v) is 11.0. The van der Waals surface area contributed by atoms with Crippen molar-refractivity contribution in [3.05, 3.63) is 90.7 Å². The Morgan fingerprint density at radius 2 is 1.76 bits per heavy atom. The number of imide groups is 1. The Bertz CT molecular complexity index is 1380.